The topological polar surface area (TPSA) is 79.5 Å². The number of carbonyl (C=O) groups excluding carboxylic acids is 2. The Labute approximate surface area is 150 Å². The van der Waals surface area contributed by atoms with Crippen molar-refractivity contribution in [3.05, 3.63) is 50.6 Å². The summed E-state index contributed by atoms with van der Waals surface area (Å²) in [5.74, 6) is -0.376. The predicted molar refractivity (Wildman–Crippen MR) is 95.7 cm³/mol. The summed E-state index contributed by atoms with van der Waals surface area (Å²) in [6.07, 6.45) is 0. The largest absolute Gasteiger partial charge is 0.496 e. The Balaban J connectivity index is 1.94. The number of hydrazine groups is 1. The van der Waals surface area contributed by atoms with Crippen molar-refractivity contribution >= 4 is 56.4 Å². The molecule has 0 fully saturated rings. The molecule has 1 aromatic heterocycles. The van der Waals surface area contributed by atoms with Gasteiger partial charge in [0.25, 0.3) is 11.8 Å². The zero-order valence-electron chi connectivity index (χ0n) is 11.9. The van der Waals surface area contributed by atoms with Crippen molar-refractivity contribution in [3.63, 3.8) is 0 Å². The number of methoxy groups -OCH3 is 1. The maximum absolute atomic E-state index is 12.2. The predicted octanol–water partition coefficient (Wildman–Crippen LogP) is 2.47. The minimum atomic E-state index is -0.453. The fraction of sp³-hybridized carbons (Fsp3) is 0.0714. The molecular formula is C14H12BrN3O3S2. The monoisotopic (exact) mass is 413 g/mol. The van der Waals surface area contributed by atoms with Crippen LogP contribution in [-0.2, 0) is 0 Å². The number of hydrogen-bond donors (Lipinski definition) is 3. The zero-order valence-corrected chi connectivity index (χ0v) is 15.1. The van der Waals surface area contributed by atoms with Gasteiger partial charge in [0.1, 0.15) is 5.75 Å². The first-order valence-electron chi connectivity index (χ1n) is 6.30. The summed E-state index contributed by atoms with van der Waals surface area (Å²) in [6.45, 7) is 0. The third-order valence-corrected chi connectivity index (χ3v) is 4.23. The third-order valence-electron chi connectivity index (χ3n) is 2.67. The van der Waals surface area contributed by atoms with Crippen molar-refractivity contribution in [2.24, 2.45) is 0 Å². The highest BCUT2D eigenvalue weighted by Gasteiger charge is 2.14. The van der Waals surface area contributed by atoms with E-state index >= 15 is 0 Å². The Bertz CT molecular complexity index is 735. The van der Waals surface area contributed by atoms with E-state index in [0.29, 0.717) is 16.2 Å². The zero-order chi connectivity index (χ0) is 16.8. The molecule has 0 radical (unpaired) electrons. The van der Waals surface area contributed by atoms with Gasteiger partial charge >= 0.3 is 0 Å². The second-order valence-electron chi connectivity index (χ2n) is 4.18. The number of benzene rings is 1. The third kappa shape index (κ3) is 4.75. The van der Waals surface area contributed by atoms with Crippen molar-refractivity contribution in [1.29, 1.82) is 0 Å². The molecule has 0 spiro atoms. The van der Waals surface area contributed by atoms with Crippen LogP contribution in [0.3, 0.4) is 0 Å². The fourth-order valence-corrected chi connectivity index (χ4v) is 2.77. The van der Waals surface area contributed by atoms with Crippen LogP contribution in [0.1, 0.15) is 20.0 Å². The Morgan fingerprint density at radius 1 is 1.22 bits per heavy atom. The lowest BCUT2D eigenvalue weighted by atomic mass is 10.2. The van der Waals surface area contributed by atoms with E-state index < -0.39 is 5.91 Å². The Kier molecular flexibility index (Phi) is 6.08. The van der Waals surface area contributed by atoms with Gasteiger partial charge in [0.2, 0.25) is 0 Å². The summed E-state index contributed by atoms with van der Waals surface area (Å²) >= 11 is 9.57. The second kappa shape index (κ2) is 8.04. The lowest BCUT2D eigenvalue weighted by Crippen LogP contribution is -2.48. The van der Waals surface area contributed by atoms with E-state index in [1.807, 2.05) is 0 Å². The molecule has 2 aromatic rings. The van der Waals surface area contributed by atoms with Crippen LogP contribution >= 0.6 is 39.5 Å². The van der Waals surface area contributed by atoms with Gasteiger partial charge in [-0.25, -0.2) is 0 Å². The normalized spacial score (nSPS) is 9.83. The quantitative estimate of drug-likeness (QED) is 0.531. The van der Waals surface area contributed by atoms with Crippen molar-refractivity contribution in [2.45, 2.75) is 0 Å². The average Bonchev–Trinajstić information content (AvgIpc) is 3.07. The molecule has 2 rings (SSSR count). The summed E-state index contributed by atoms with van der Waals surface area (Å²) in [6, 6.07) is 8.47. The maximum atomic E-state index is 12.2. The van der Waals surface area contributed by atoms with Crippen LogP contribution in [0.2, 0.25) is 0 Å². The molecule has 0 aliphatic rings. The van der Waals surface area contributed by atoms with Gasteiger partial charge in [-0.1, -0.05) is 22.0 Å². The Morgan fingerprint density at radius 2 is 2.00 bits per heavy atom. The Hall–Kier alpha value is -1.97. The van der Waals surface area contributed by atoms with Gasteiger partial charge in [-0.2, -0.15) is 0 Å². The molecule has 6 nitrogen and oxygen atoms in total. The van der Waals surface area contributed by atoms with E-state index in [1.54, 1.807) is 35.7 Å². The number of thiophene rings is 1. The molecule has 0 saturated heterocycles. The molecule has 0 bridgehead atoms. The SMILES string of the molecule is COc1ccc(Br)cc1C(=O)NC(=S)NNC(=O)c1cccs1. The van der Waals surface area contributed by atoms with Gasteiger partial charge in [0.05, 0.1) is 17.6 Å². The highest BCUT2D eigenvalue weighted by molar-refractivity contribution is 9.10. The van der Waals surface area contributed by atoms with Gasteiger partial charge < -0.3 is 4.74 Å². The highest BCUT2D eigenvalue weighted by atomic mass is 79.9. The molecule has 23 heavy (non-hydrogen) atoms. The maximum Gasteiger partial charge on any atom is 0.279 e. The summed E-state index contributed by atoms with van der Waals surface area (Å²) in [7, 11) is 1.47. The number of thiocarbonyl (C=S) groups is 1. The summed E-state index contributed by atoms with van der Waals surface area (Å²) in [5, 5.41) is 4.23. The number of nitrogens with one attached hydrogen (secondary N) is 3. The second-order valence-corrected chi connectivity index (χ2v) is 6.46. The molecule has 0 saturated carbocycles. The molecule has 0 atom stereocenters. The van der Waals surface area contributed by atoms with Crippen LogP contribution < -0.4 is 20.9 Å². The fourth-order valence-electron chi connectivity index (χ4n) is 1.64. The smallest absolute Gasteiger partial charge is 0.279 e. The molecule has 0 aliphatic heterocycles. The van der Waals surface area contributed by atoms with Crippen LogP contribution in [0.4, 0.5) is 0 Å². The summed E-state index contributed by atoms with van der Waals surface area (Å²) < 4.78 is 5.87. The number of hydrogen-bond acceptors (Lipinski definition) is 5. The van der Waals surface area contributed by atoms with E-state index in [0.717, 1.165) is 4.47 Å². The van der Waals surface area contributed by atoms with Crippen LogP contribution in [0.5, 0.6) is 5.75 Å². The molecule has 0 unspecified atom stereocenters. The van der Waals surface area contributed by atoms with Crippen LogP contribution in [0.25, 0.3) is 0 Å². The van der Waals surface area contributed by atoms with Gasteiger partial charge in [-0.15, -0.1) is 11.3 Å². The van der Waals surface area contributed by atoms with Crippen molar-refractivity contribution in [2.75, 3.05) is 7.11 Å². The minimum Gasteiger partial charge on any atom is -0.496 e. The summed E-state index contributed by atoms with van der Waals surface area (Å²) in [5.41, 5.74) is 5.20. The first-order chi connectivity index (χ1) is 11.0. The van der Waals surface area contributed by atoms with Crippen LogP contribution in [0, 0.1) is 0 Å². The van der Waals surface area contributed by atoms with Crippen LogP contribution in [-0.4, -0.2) is 24.0 Å². The molecular weight excluding hydrogens is 402 g/mol. The van der Waals surface area contributed by atoms with E-state index in [2.05, 4.69) is 32.1 Å². The molecule has 1 heterocycles. The minimum absolute atomic E-state index is 0.0260. The lowest BCUT2D eigenvalue weighted by Gasteiger charge is -2.12. The number of amides is 2. The molecule has 2 amide bonds. The molecule has 9 heteroatoms. The first kappa shape index (κ1) is 17.4. The van der Waals surface area contributed by atoms with E-state index in [1.165, 1.54) is 18.4 Å². The van der Waals surface area contributed by atoms with E-state index in [9.17, 15) is 9.59 Å². The van der Waals surface area contributed by atoms with E-state index in [4.69, 9.17) is 17.0 Å². The first-order valence-corrected chi connectivity index (χ1v) is 8.38. The standard InChI is InChI=1S/C14H12BrN3O3S2/c1-21-10-5-4-8(15)7-9(10)12(19)16-14(22)18-17-13(20)11-3-2-6-23-11/h2-7H,1H3,(H,17,20)(H2,16,18,19,22). The molecule has 0 aliphatic carbocycles. The number of ether oxygens (including phenoxy) is 1. The molecule has 3 N–H and O–H groups in total. The number of carbonyl (C=O) groups is 2. The van der Waals surface area contributed by atoms with Gasteiger partial charge in [-0.05, 0) is 41.9 Å². The van der Waals surface area contributed by atoms with Crippen molar-refractivity contribution in [1.82, 2.24) is 16.2 Å². The highest BCUT2D eigenvalue weighted by Crippen LogP contribution is 2.22. The van der Waals surface area contributed by atoms with Gasteiger partial charge in [0.15, 0.2) is 5.11 Å². The Morgan fingerprint density at radius 3 is 2.65 bits per heavy atom. The van der Waals surface area contributed by atoms with Crippen molar-refractivity contribution in [3.8, 4) is 5.75 Å². The van der Waals surface area contributed by atoms with Gasteiger partial charge in [-0.3, -0.25) is 25.8 Å². The van der Waals surface area contributed by atoms with Crippen LogP contribution in [0.15, 0.2) is 40.2 Å². The van der Waals surface area contributed by atoms with Crippen molar-refractivity contribution < 1.29 is 14.3 Å². The number of rotatable bonds is 3. The molecule has 120 valence electrons. The molecule has 1 aromatic carbocycles. The van der Waals surface area contributed by atoms with Gasteiger partial charge in [0, 0.05) is 4.47 Å². The average molecular weight is 414 g/mol. The lowest BCUT2D eigenvalue weighted by molar-refractivity contribution is 0.0937. The van der Waals surface area contributed by atoms with E-state index in [-0.39, 0.29) is 11.0 Å². The summed E-state index contributed by atoms with van der Waals surface area (Å²) in [4.78, 5) is 24.5. The number of halogens is 1.